The van der Waals surface area contributed by atoms with E-state index in [0.717, 1.165) is 0 Å². The van der Waals surface area contributed by atoms with Gasteiger partial charge in [0.2, 0.25) is 0 Å². The Hall–Kier alpha value is -3.30. The van der Waals surface area contributed by atoms with Crippen molar-refractivity contribution < 1.29 is 0 Å². The summed E-state index contributed by atoms with van der Waals surface area (Å²) in [6, 6.07) is 32.1. The fourth-order valence-electron chi connectivity index (χ4n) is 8.91. The SMILES string of the molecule is CC(C)CCC(C)(C)c1ccc2c(c1)N(c1ccc3c(c1)C(C)(C)CCC3(C)C)c1cc(C(C)(C)C)ccc1B2c1cc2cc(C(C)(C)C)ccc2s1. The normalized spacial score (nSPS) is 16.9. The number of hydrogen-bond acceptors (Lipinski definition) is 2. The Bertz CT molecular complexity index is 2180. The Labute approximate surface area is 326 Å². The highest BCUT2D eigenvalue weighted by atomic mass is 32.1. The smallest absolute Gasteiger partial charge is 0.259 e. The van der Waals surface area contributed by atoms with Gasteiger partial charge in [0.15, 0.2) is 0 Å². The van der Waals surface area contributed by atoms with Crippen LogP contribution < -0.4 is 20.6 Å². The highest BCUT2D eigenvalue weighted by Gasteiger charge is 2.41. The van der Waals surface area contributed by atoms with E-state index in [1.807, 2.05) is 11.3 Å². The standard InChI is InChI=1S/C50H64BNS/c1-32(2)23-24-48(9,10)36-16-21-41-43(30-36)52(37-18-19-38-39(31-37)50(13,14)26-25-49(38,11)12)42-29-35(47(6,7)8)15-20-40(42)51(41)45-28-33-27-34(46(3,4)5)17-22-44(33)53-45/h15-22,27-32H,23-26H2,1-14H3. The first kappa shape index (κ1) is 38.0. The van der Waals surface area contributed by atoms with Gasteiger partial charge in [-0.05, 0) is 144 Å². The van der Waals surface area contributed by atoms with E-state index in [9.17, 15) is 0 Å². The highest BCUT2D eigenvalue weighted by Crippen LogP contribution is 2.49. The van der Waals surface area contributed by atoms with Gasteiger partial charge >= 0.3 is 0 Å². The summed E-state index contributed by atoms with van der Waals surface area (Å²) >= 11 is 1.98. The summed E-state index contributed by atoms with van der Waals surface area (Å²) in [4.78, 5) is 2.65. The molecule has 2 aliphatic rings. The zero-order chi connectivity index (χ0) is 38.5. The molecule has 0 radical (unpaired) electrons. The van der Waals surface area contributed by atoms with E-state index in [4.69, 9.17) is 0 Å². The summed E-state index contributed by atoms with van der Waals surface area (Å²) in [5.74, 6) is 0.685. The van der Waals surface area contributed by atoms with Crippen LogP contribution in [-0.4, -0.2) is 6.71 Å². The molecule has 7 rings (SSSR count). The Morgan fingerprint density at radius 3 is 1.79 bits per heavy atom. The van der Waals surface area contributed by atoms with Crippen molar-refractivity contribution in [2.75, 3.05) is 4.90 Å². The second-order valence-electron chi connectivity index (χ2n) is 21.0. The molecule has 0 N–H and O–H groups in total. The van der Waals surface area contributed by atoms with Crippen molar-refractivity contribution in [3.8, 4) is 0 Å². The van der Waals surface area contributed by atoms with Crippen LogP contribution >= 0.6 is 11.3 Å². The molecule has 0 saturated carbocycles. The maximum atomic E-state index is 2.65. The minimum absolute atomic E-state index is 0.0278. The fraction of sp³-hybridized carbons (Fsp3) is 0.480. The zero-order valence-electron chi connectivity index (χ0n) is 35.3. The number of benzene rings is 4. The van der Waals surface area contributed by atoms with E-state index in [-0.39, 0.29) is 33.8 Å². The predicted octanol–water partition coefficient (Wildman–Crippen LogP) is 12.9. The van der Waals surface area contributed by atoms with Gasteiger partial charge in [-0.15, -0.1) is 11.3 Å². The summed E-state index contributed by atoms with van der Waals surface area (Å²) in [6.07, 6.45) is 4.82. The lowest BCUT2D eigenvalue weighted by molar-refractivity contribution is 0.332. The molecule has 1 aromatic heterocycles. The first-order valence-corrected chi connectivity index (χ1v) is 21.2. The number of hydrogen-bond donors (Lipinski definition) is 0. The molecule has 278 valence electrons. The molecule has 53 heavy (non-hydrogen) atoms. The monoisotopic (exact) mass is 721 g/mol. The molecule has 0 saturated heterocycles. The Morgan fingerprint density at radius 2 is 1.19 bits per heavy atom. The first-order valence-electron chi connectivity index (χ1n) is 20.3. The van der Waals surface area contributed by atoms with Crippen molar-refractivity contribution in [3.63, 3.8) is 0 Å². The average molecular weight is 722 g/mol. The molecule has 0 unspecified atom stereocenters. The third-order valence-electron chi connectivity index (χ3n) is 12.9. The summed E-state index contributed by atoms with van der Waals surface area (Å²) in [7, 11) is 0. The molecular weight excluding hydrogens is 657 g/mol. The van der Waals surface area contributed by atoms with Crippen molar-refractivity contribution in [3.05, 3.63) is 107 Å². The van der Waals surface area contributed by atoms with Gasteiger partial charge in [0.1, 0.15) is 0 Å². The van der Waals surface area contributed by atoms with Gasteiger partial charge in [-0.2, -0.15) is 0 Å². The van der Waals surface area contributed by atoms with Crippen LogP contribution in [-0.2, 0) is 27.1 Å². The Morgan fingerprint density at radius 1 is 0.642 bits per heavy atom. The molecule has 1 nitrogen and oxygen atoms in total. The predicted molar refractivity (Wildman–Crippen MR) is 237 cm³/mol. The van der Waals surface area contributed by atoms with E-state index in [2.05, 4.69) is 181 Å². The number of fused-ring (bicyclic) bond motifs is 4. The largest absolute Gasteiger partial charge is 0.311 e. The van der Waals surface area contributed by atoms with Crippen molar-refractivity contribution >= 4 is 60.9 Å². The van der Waals surface area contributed by atoms with Gasteiger partial charge in [0, 0.05) is 21.8 Å². The molecule has 3 heteroatoms. The molecule has 0 atom stereocenters. The number of nitrogens with zero attached hydrogens (tertiary/aromatic N) is 1. The van der Waals surface area contributed by atoms with Crippen LogP contribution in [0.5, 0.6) is 0 Å². The zero-order valence-corrected chi connectivity index (χ0v) is 36.2. The van der Waals surface area contributed by atoms with Gasteiger partial charge in [-0.25, -0.2) is 0 Å². The van der Waals surface area contributed by atoms with Gasteiger partial charge < -0.3 is 4.90 Å². The molecule has 0 bridgehead atoms. The second-order valence-corrected chi connectivity index (χ2v) is 22.1. The number of anilines is 3. The van der Waals surface area contributed by atoms with Crippen LogP contribution in [0.3, 0.4) is 0 Å². The van der Waals surface area contributed by atoms with Crippen molar-refractivity contribution in [1.82, 2.24) is 0 Å². The molecule has 0 fully saturated rings. The molecule has 1 aliphatic heterocycles. The summed E-state index contributed by atoms with van der Waals surface area (Å²) in [5.41, 5.74) is 14.5. The molecular formula is C50H64BNS. The lowest BCUT2D eigenvalue weighted by atomic mass is 9.37. The minimum Gasteiger partial charge on any atom is -0.311 e. The van der Waals surface area contributed by atoms with Crippen molar-refractivity contribution in [2.24, 2.45) is 5.92 Å². The third kappa shape index (κ3) is 6.94. The number of thiophene rings is 1. The maximum Gasteiger partial charge on any atom is 0.259 e. The van der Waals surface area contributed by atoms with Crippen LogP contribution in [0.4, 0.5) is 17.1 Å². The van der Waals surface area contributed by atoms with Crippen LogP contribution in [0.2, 0.25) is 0 Å². The Balaban J connectivity index is 1.51. The maximum absolute atomic E-state index is 2.65. The van der Waals surface area contributed by atoms with Gasteiger partial charge in [-0.1, -0.05) is 140 Å². The fourth-order valence-corrected chi connectivity index (χ4v) is 10.1. The van der Waals surface area contributed by atoms with E-state index < -0.39 is 0 Å². The Kier molecular flexibility index (Phi) is 9.25. The lowest BCUT2D eigenvalue weighted by Gasteiger charge is -2.43. The molecule has 0 amide bonds. The van der Waals surface area contributed by atoms with E-state index >= 15 is 0 Å². The van der Waals surface area contributed by atoms with Crippen LogP contribution in [0.25, 0.3) is 10.1 Å². The number of rotatable bonds is 6. The van der Waals surface area contributed by atoms with Crippen LogP contribution in [0.15, 0.2) is 78.9 Å². The van der Waals surface area contributed by atoms with Gasteiger partial charge in [0.05, 0.1) is 0 Å². The van der Waals surface area contributed by atoms with Crippen LogP contribution in [0, 0.1) is 5.92 Å². The quantitative estimate of drug-likeness (QED) is 0.155. The topological polar surface area (TPSA) is 3.24 Å². The average Bonchev–Trinajstić information content (AvgIpc) is 3.50. The molecule has 0 spiro atoms. The van der Waals surface area contributed by atoms with Gasteiger partial charge in [0.25, 0.3) is 6.71 Å². The minimum atomic E-state index is 0.0278. The van der Waals surface area contributed by atoms with Gasteiger partial charge in [-0.3, -0.25) is 0 Å². The first-order chi connectivity index (χ1) is 24.6. The van der Waals surface area contributed by atoms with Crippen LogP contribution in [0.1, 0.15) is 150 Å². The highest BCUT2D eigenvalue weighted by molar-refractivity contribution is 7.32. The molecule has 2 heterocycles. The second kappa shape index (κ2) is 12.9. The van der Waals surface area contributed by atoms with E-state index in [1.165, 1.54) is 96.4 Å². The van der Waals surface area contributed by atoms with E-state index in [1.54, 1.807) is 0 Å². The third-order valence-corrected chi connectivity index (χ3v) is 14.1. The summed E-state index contributed by atoms with van der Waals surface area (Å²) in [5, 5.41) is 1.36. The van der Waals surface area contributed by atoms with Crippen molar-refractivity contribution in [2.45, 2.75) is 150 Å². The van der Waals surface area contributed by atoms with Crippen molar-refractivity contribution in [1.29, 1.82) is 0 Å². The molecule has 4 aromatic carbocycles. The summed E-state index contributed by atoms with van der Waals surface area (Å²) in [6.45, 7) is 33.6. The summed E-state index contributed by atoms with van der Waals surface area (Å²) < 4.78 is 2.80. The molecule has 1 aliphatic carbocycles. The van der Waals surface area contributed by atoms with E-state index in [0.29, 0.717) is 5.92 Å². The lowest BCUT2D eigenvalue weighted by Crippen LogP contribution is -2.56. The molecule has 5 aromatic rings.